The Hall–Kier alpha value is -2.75. The molecular weight excluding hydrogens is 448 g/mol. The van der Waals surface area contributed by atoms with Gasteiger partial charge >= 0.3 is 5.97 Å². The number of piperidine rings is 1. The van der Waals surface area contributed by atoms with Crippen LogP contribution in [0.25, 0.3) is 10.6 Å². The van der Waals surface area contributed by atoms with E-state index in [1.165, 1.54) is 15.6 Å². The van der Waals surface area contributed by atoms with E-state index in [1.807, 2.05) is 29.6 Å². The summed E-state index contributed by atoms with van der Waals surface area (Å²) < 4.78 is 38.2. The molecule has 1 fully saturated rings. The number of hydrogen-bond acceptors (Lipinski definition) is 7. The Morgan fingerprint density at radius 3 is 2.75 bits per heavy atom. The minimum Gasteiger partial charge on any atom is -0.497 e. The van der Waals surface area contributed by atoms with Crippen molar-refractivity contribution in [2.75, 3.05) is 13.7 Å². The van der Waals surface area contributed by atoms with Crippen LogP contribution in [0.3, 0.4) is 0 Å². The first-order valence-corrected chi connectivity index (χ1v) is 12.6. The Morgan fingerprint density at radius 1 is 1.16 bits per heavy atom. The van der Waals surface area contributed by atoms with Crippen LogP contribution in [0.2, 0.25) is 0 Å². The summed E-state index contributed by atoms with van der Waals surface area (Å²) in [6.07, 6.45) is 1.93. The SMILES string of the molecule is COc1cccc(-c2nc(COC(=O)C3CCCCN3S(=O)(=O)c3ccccc3)cs2)c1. The van der Waals surface area contributed by atoms with Crippen LogP contribution in [-0.4, -0.2) is 43.4 Å². The van der Waals surface area contributed by atoms with Crippen molar-refractivity contribution in [3.8, 4) is 16.3 Å². The molecule has 0 aliphatic carbocycles. The minimum absolute atomic E-state index is 0.00493. The summed E-state index contributed by atoms with van der Waals surface area (Å²) in [5.41, 5.74) is 1.54. The van der Waals surface area contributed by atoms with E-state index in [9.17, 15) is 13.2 Å². The van der Waals surface area contributed by atoms with E-state index < -0.39 is 22.0 Å². The van der Waals surface area contributed by atoms with E-state index in [2.05, 4.69) is 4.98 Å². The van der Waals surface area contributed by atoms with Crippen LogP contribution < -0.4 is 4.74 Å². The first-order valence-electron chi connectivity index (χ1n) is 10.3. The second-order valence-electron chi connectivity index (χ2n) is 7.42. The Balaban J connectivity index is 1.44. The van der Waals surface area contributed by atoms with Gasteiger partial charge in [-0.25, -0.2) is 13.4 Å². The van der Waals surface area contributed by atoms with E-state index in [4.69, 9.17) is 9.47 Å². The molecule has 0 saturated carbocycles. The number of ether oxygens (including phenoxy) is 2. The molecule has 168 valence electrons. The highest BCUT2D eigenvalue weighted by Gasteiger charge is 2.38. The Bertz CT molecular complexity index is 1180. The van der Waals surface area contributed by atoms with Gasteiger partial charge in [0.25, 0.3) is 0 Å². The third-order valence-electron chi connectivity index (χ3n) is 5.31. The minimum atomic E-state index is -3.77. The summed E-state index contributed by atoms with van der Waals surface area (Å²) in [7, 11) is -2.16. The van der Waals surface area contributed by atoms with E-state index in [1.54, 1.807) is 37.4 Å². The van der Waals surface area contributed by atoms with Crippen molar-refractivity contribution >= 4 is 27.3 Å². The lowest BCUT2D eigenvalue weighted by molar-refractivity contribution is -0.150. The maximum Gasteiger partial charge on any atom is 0.324 e. The fourth-order valence-electron chi connectivity index (χ4n) is 3.66. The molecule has 9 heteroatoms. The predicted octanol–water partition coefficient (Wildman–Crippen LogP) is 4.11. The molecule has 7 nitrogen and oxygen atoms in total. The third-order valence-corrected chi connectivity index (χ3v) is 8.17. The normalized spacial score (nSPS) is 17.1. The van der Waals surface area contributed by atoms with Gasteiger partial charge in [0, 0.05) is 17.5 Å². The molecule has 0 bridgehead atoms. The van der Waals surface area contributed by atoms with Gasteiger partial charge in [-0.15, -0.1) is 11.3 Å². The van der Waals surface area contributed by atoms with Crippen molar-refractivity contribution in [1.82, 2.24) is 9.29 Å². The zero-order chi connectivity index (χ0) is 22.6. The van der Waals surface area contributed by atoms with Gasteiger partial charge in [0.1, 0.15) is 23.4 Å². The Labute approximate surface area is 191 Å². The second kappa shape index (κ2) is 9.81. The van der Waals surface area contributed by atoms with Crippen LogP contribution in [0.1, 0.15) is 25.0 Å². The van der Waals surface area contributed by atoms with Crippen molar-refractivity contribution in [2.24, 2.45) is 0 Å². The molecule has 1 aliphatic heterocycles. The third kappa shape index (κ3) is 4.85. The molecule has 0 spiro atoms. The van der Waals surface area contributed by atoms with Crippen LogP contribution in [0.15, 0.2) is 64.9 Å². The molecule has 1 aromatic heterocycles. The van der Waals surface area contributed by atoms with Crippen molar-refractivity contribution in [3.05, 3.63) is 65.7 Å². The number of aromatic nitrogens is 1. The molecule has 1 aliphatic rings. The summed E-state index contributed by atoms with van der Waals surface area (Å²) in [5.74, 6) is 0.197. The van der Waals surface area contributed by atoms with E-state index >= 15 is 0 Å². The van der Waals surface area contributed by atoms with Gasteiger partial charge in [-0.1, -0.05) is 30.3 Å². The maximum atomic E-state index is 13.1. The summed E-state index contributed by atoms with van der Waals surface area (Å²) in [6, 6.07) is 14.9. The van der Waals surface area contributed by atoms with Gasteiger partial charge in [0.15, 0.2) is 0 Å². The Kier molecular flexibility index (Phi) is 6.88. The van der Waals surface area contributed by atoms with Crippen molar-refractivity contribution < 1.29 is 22.7 Å². The maximum absolute atomic E-state index is 13.1. The lowest BCUT2D eigenvalue weighted by Gasteiger charge is -2.32. The quantitative estimate of drug-likeness (QED) is 0.481. The molecule has 4 rings (SSSR count). The molecule has 2 heterocycles. The molecule has 2 aromatic carbocycles. The van der Waals surface area contributed by atoms with E-state index in [-0.39, 0.29) is 11.5 Å². The zero-order valence-electron chi connectivity index (χ0n) is 17.6. The summed E-state index contributed by atoms with van der Waals surface area (Å²) in [6.45, 7) is 0.294. The van der Waals surface area contributed by atoms with Crippen LogP contribution in [0, 0.1) is 0 Å². The van der Waals surface area contributed by atoms with Crippen molar-refractivity contribution in [3.63, 3.8) is 0 Å². The highest BCUT2D eigenvalue weighted by molar-refractivity contribution is 7.89. The molecule has 0 radical (unpaired) electrons. The molecule has 0 amide bonds. The van der Waals surface area contributed by atoms with Crippen molar-refractivity contribution in [2.45, 2.75) is 36.8 Å². The molecule has 0 N–H and O–H groups in total. The van der Waals surface area contributed by atoms with E-state index in [0.29, 0.717) is 25.1 Å². The van der Waals surface area contributed by atoms with Crippen LogP contribution >= 0.6 is 11.3 Å². The van der Waals surface area contributed by atoms with Gasteiger partial charge in [0.2, 0.25) is 10.0 Å². The van der Waals surface area contributed by atoms with Crippen molar-refractivity contribution in [1.29, 1.82) is 0 Å². The first kappa shape index (κ1) is 22.4. The smallest absolute Gasteiger partial charge is 0.324 e. The van der Waals surface area contributed by atoms with Gasteiger partial charge in [0.05, 0.1) is 17.7 Å². The highest BCUT2D eigenvalue weighted by Crippen LogP contribution is 2.28. The number of rotatable bonds is 7. The fourth-order valence-corrected chi connectivity index (χ4v) is 6.13. The van der Waals surface area contributed by atoms with Gasteiger partial charge in [-0.05, 0) is 43.5 Å². The number of hydrogen-bond donors (Lipinski definition) is 0. The lowest BCUT2D eigenvalue weighted by Crippen LogP contribution is -2.48. The molecule has 1 atom stereocenters. The number of carbonyl (C=O) groups excluding carboxylic acids is 1. The molecule has 32 heavy (non-hydrogen) atoms. The van der Waals surface area contributed by atoms with Crippen LogP contribution in [0.5, 0.6) is 5.75 Å². The average molecular weight is 473 g/mol. The summed E-state index contributed by atoms with van der Waals surface area (Å²) in [5, 5.41) is 2.63. The number of thiazole rings is 1. The van der Waals surface area contributed by atoms with Gasteiger partial charge in [-0.2, -0.15) is 4.31 Å². The topological polar surface area (TPSA) is 85.8 Å². The number of benzene rings is 2. The van der Waals surface area contributed by atoms with Crippen LogP contribution in [-0.2, 0) is 26.2 Å². The molecular formula is C23H24N2O5S2. The Morgan fingerprint density at radius 2 is 1.97 bits per heavy atom. The van der Waals surface area contributed by atoms with Gasteiger partial charge < -0.3 is 9.47 Å². The predicted molar refractivity (Wildman–Crippen MR) is 122 cm³/mol. The molecule has 1 unspecified atom stereocenters. The monoisotopic (exact) mass is 472 g/mol. The van der Waals surface area contributed by atoms with E-state index in [0.717, 1.165) is 22.7 Å². The number of carbonyl (C=O) groups is 1. The number of methoxy groups -OCH3 is 1. The van der Waals surface area contributed by atoms with Crippen LogP contribution in [0.4, 0.5) is 0 Å². The summed E-state index contributed by atoms with van der Waals surface area (Å²) in [4.78, 5) is 17.6. The number of esters is 1. The number of sulfonamides is 1. The molecule has 1 saturated heterocycles. The highest BCUT2D eigenvalue weighted by atomic mass is 32.2. The second-order valence-corrected chi connectivity index (χ2v) is 10.2. The summed E-state index contributed by atoms with van der Waals surface area (Å²) >= 11 is 1.45. The number of nitrogens with zero attached hydrogens (tertiary/aromatic N) is 2. The fraction of sp³-hybridized carbons (Fsp3) is 0.304. The largest absolute Gasteiger partial charge is 0.497 e. The zero-order valence-corrected chi connectivity index (χ0v) is 19.3. The lowest BCUT2D eigenvalue weighted by atomic mass is 10.1. The molecule has 3 aromatic rings. The average Bonchev–Trinajstić information content (AvgIpc) is 3.32. The van der Waals surface area contributed by atoms with Gasteiger partial charge in [-0.3, -0.25) is 4.79 Å². The first-order chi connectivity index (χ1) is 15.5. The standard InChI is InChI=1S/C23H24N2O5S2/c1-29-19-9-7-8-17(14-19)22-24-18(16-31-22)15-30-23(26)21-12-5-6-13-25(21)32(27,28)20-10-3-2-4-11-20/h2-4,7-11,14,16,21H,5-6,12-13,15H2,1H3.